The van der Waals surface area contributed by atoms with Crippen LogP contribution >= 0.6 is 0 Å². The first-order valence-corrected chi connectivity index (χ1v) is 8.19. The lowest BCUT2D eigenvalue weighted by atomic mass is 10.1. The molecule has 22 heavy (non-hydrogen) atoms. The van der Waals surface area contributed by atoms with E-state index in [1.54, 1.807) is 6.07 Å². The Morgan fingerprint density at radius 2 is 1.68 bits per heavy atom. The molecule has 3 rings (SSSR count). The molecule has 1 fully saturated rings. The van der Waals surface area contributed by atoms with E-state index >= 15 is 0 Å². The molecule has 2 heterocycles. The van der Waals surface area contributed by atoms with E-state index in [1.165, 1.54) is 32.1 Å². The van der Waals surface area contributed by atoms with Crippen LogP contribution in [0.5, 0.6) is 0 Å². The predicted octanol–water partition coefficient (Wildman–Crippen LogP) is 3.20. The fraction of sp³-hybridized carbons (Fsp3) is 0.444. The van der Waals surface area contributed by atoms with Gasteiger partial charge in [0.1, 0.15) is 5.82 Å². The number of nitrogens with one attached hydrogen (secondary N) is 1. The summed E-state index contributed by atoms with van der Waals surface area (Å²) >= 11 is 0. The molecular weight excluding hydrogens is 274 g/mol. The highest BCUT2D eigenvalue weighted by molar-refractivity contribution is 5.54. The van der Waals surface area contributed by atoms with E-state index in [2.05, 4.69) is 14.9 Å². The molecule has 0 amide bonds. The maximum absolute atomic E-state index is 11.9. The Morgan fingerprint density at radius 3 is 2.41 bits per heavy atom. The van der Waals surface area contributed by atoms with Gasteiger partial charge in [-0.25, -0.2) is 4.98 Å². The van der Waals surface area contributed by atoms with Crippen molar-refractivity contribution in [1.29, 1.82) is 0 Å². The Balaban J connectivity index is 1.78. The third-order valence-corrected chi connectivity index (χ3v) is 4.18. The molecule has 1 aromatic heterocycles. The quantitative estimate of drug-likeness (QED) is 0.946. The Bertz CT molecular complexity index is 643. The van der Waals surface area contributed by atoms with Crippen LogP contribution in [-0.2, 0) is 6.54 Å². The van der Waals surface area contributed by atoms with Gasteiger partial charge in [0.25, 0.3) is 5.56 Å². The number of hydrogen-bond acceptors (Lipinski definition) is 3. The summed E-state index contributed by atoms with van der Waals surface area (Å²) in [4.78, 5) is 21.9. The van der Waals surface area contributed by atoms with Crippen LogP contribution in [0.4, 0.5) is 0 Å². The van der Waals surface area contributed by atoms with Crippen LogP contribution in [0.15, 0.2) is 41.2 Å². The third kappa shape index (κ3) is 4.04. The lowest BCUT2D eigenvalue weighted by molar-refractivity contribution is 0.237. The molecule has 0 radical (unpaired) electrons. The number of aromatic amines is 1. The second-order valence-corrected chi connectivity index (χ2v) is 6.00. The SMILES string of the molecule is O=c1cc(CN2CCCCCCC2)nc(-c2ccccc2)[nH]1. The fourth-order valence-corrected chi connectivity index (χ4v) is 3.02. The van der Waals surface area contributed by atoms with Crippen LogP contribution in [0.25, 0.3) is 11.4 Å². The van der Waals surface area contributed by atoms with Crippen molar-refractivity contribution in [3.05, 3.63) is 52.4 Å². The van der Waals surface area contributed by atoms with E-state index < -0.39 is 0 Å². The summed E-state index contributed by atoms with van der Waals surface area (Å²) in [5.41, 5.74) is 1.74. The summed E-state index contributed by atoms with van der Waals surface area (Å²) in [6.45, 7) is 2.98. The van der Waals surface area contributed by atoms with Crippen LogP contribution < -0.4 is 5.56 Å². The zero-order valence-electron chi connectivity index (χ0n) is 12.9. The molecule has 2 aromatic rings. The first-order chi connectivity index (χ1) is 10.8. The average molecular weight is 297 g/mol. The molecule has 0 saturated carbocycles. The minimum absolute atomic E-state index is 0.0732. The number of nitrogens with zero attached hydrogens (tertiary/aromatic N) is 2. The van der Waals surface area contributed by atoms with Gasteiger partial charge >= 0.3 is 0 Å². The van der Waals surface area contributed by atoms with Gasteiger partial charge in [0.2, 0.25) is 0 Å². The number of H-pyrrole nitrogens is 1. The molecular formula is C18H23N3O. The van der Waals surface area contributed by atoms with Crippen molar-refractivity contribution in [2.24, 2.45) is 0 Å². The minimum Gasteiger partial charge on any atom is -0.307 e. The Morgan fingerprint density at radius 1 is 1.00 bits per heavy atom. The van der Waals surface area contributed by atoms with Crippen molar-refractivity contribution in [1.82, 2.24) is 14.9 Å². The van der Waals surface area contributed by atoms with Gasteiger partial charge in [-0.3, -0.25) is 9.69 Å². The summed E-state index contributed by atoms with van der Waals surface area (Å²) in [7, 11) is 0. The van der Waals surface area contributed by atoms with Gasteiger partial charge in [0, 0.05) is 18.2 Å². The van der Waals surface area contributed by atoms with E-state index in [0.717, 1.165) is 30.9 Å². The van der Waals surface area contributed by atoms with Crippen LogP contribution in [0.3, 0.4) is 0 Å². The summed E-state index contributed by atoms with van der Waals surface area (Å²) in [6, 6.07) is 11.5. The van der Waals surface area contributed by atoms with Gasteiger partial charge in [-0.05, 0) is 25.9 Å². The Kier molecular flexibility index (Phi) is 5.01. The van der Waals surface area contributed by atoms with E-state index in [0.29, 0.717) is 5.82 Å². The van der Waals surface area contributed by atoms with E-state index in [-0.39, 0.29) is 5.56 Å². The van der Waals surface area contributed by atoms with Gasteiger partial charge in [0.05, 0.1) is 5.69 Å². The molecule has 0 atom stereocenters. The lowest BCUT2D eigenvalue weighted by Gasteiger charge is -2.24. The van der Waals surface area contributed by atoms with Gasteiger partial charge in [-0.1, -0.05) is 49.6 Å². The van der Waals surface area contributed by atoms with Crippen molar-refractivity contribution in [2.75, 3.05) is 13.1 Å². The highest BCUT2D eigenvalue weighted by Crippen LogP contribution is 2.15. The highest BCUT2D eigenvalue weighted by Gasteiger charge is 2.11. The molecule has 0 aliphatic carbocycles. The van der Waals surface area contributed by atoms with E-state index in [1.807, 2.05) is 30.3 Å². The van der Waals surface area contributed by atoms with Crippen LogP contribution in [0, 0.1) is 0 Å². The number of benzene rings is 1. The maximum Gasteiger partial charge on any atom is 0.251 e. The number of rotatable bonds is 3. The second kappa shape index (κ2) is 7.36. The average Bonchev–Trinajstić information content (AvgIpc) is 2.50. The van der Waals surface area contributed by atoms with Crippen LogP contribution in [0.2, 0.25) is 0 Å². The van der Waals surface area contributed by atoms with Crippen LogP contribution in [0.1, 0.15) is 37.8 Å². The number of likely N-dealkylation sites (tertiary alicyclic amines) is 1. The summed E-state index contributed by atoms with van der Waals surface area (Å²) in [5, 5.41) is 0. The molecule has 0 spiro atoms. The van der Waals surface area contributed by atoms with Gasteiger partial charge in [0.15, 0.2) is 0 Å². The molecule has 1 saturated heterocycles. The predicted molar refractivity (Wildman–Crippen MR) is 88.7 cm³/mol. The van der Waals surface area contributed by atoms with Crippen molar-refractivity contribution < 1.29 is 0 Å². The maximum atomic E-state index is 11.9. The molecule has 1 aliphatic rings. The number of aromatic nitrogens is 2. The Hall–Kier alpha value is -1.94. The lowest BCUT2D eigenvalue weighted by Crippen LogP contribution is -2.28. The normalized spacial score (nSPS) is 16.9. The topological polar surface area (TPSA) is 49.0 Å². The first-order valence-electron chi connectivity index (χ1n) is 8.19. The molecule has 4 nitrogen and oxygen atoms in total. The van der Waals surface area contributed by atoms with Gasteiger partial charge < -0.3 is 4.98 Å². The fourth-order valence-electron chi connectivity index (χ4n) is 3.02. The van der Waals surface area contributed by atoms with Crippen molar-refractivity contribution in [3.8, 4) is 11.4 Å². The second-order valence-electron chi connectivity index (χ2n) is 6.00. The minimum atomic E-state index is -0.0732. The first kappa shape index (κ1) is 15.0. The zero-order valence-corrected chi connectivity index (χ0v) is 12.9. The van der Waals surface area contributed by atoms with Gasteiger partial charge in [-0.2, -0.15) is 0 Å². The van der Waals surface area contributed by atoms with Gasteiger partial charge in [-0.15, -0.1) is 0 Å². The number of hydrogen-bond donors (Lipinski definition) is 1. The van der Waals surface area contributed by atoms with Crippen molar-refractivity contribution in [3.63, 3.8) is 0 Å². The third-order valence-electron chi connectivity index (χ3n) is 4.18. The van der Waals surface area contributed by atoms with Crippen molar-refractivity contribution >= 4 is 0 Å². The molecule has 1 aliphatic heterocycles. The molecule has 116 valence electrons. The Labute approximate surface area is 131 Å². The smallest absolute Gasteiger partial charge is 0.251 e. The molecule has 0 bridgehead atoms. The zero-order chi connectivity index (χ0) is 15.2. The molecule has 1 aromatic carbocycles. The highest BCUT2D eigenvalue weighted by atomic mass is 16.1. The summed E-state index contributed by atoms with van der Waals surface area (Å²) < 4.78 is 0. The largest absolute Gasteiger partial charge is 0.307 e. The standard InChI is InChI=1S/C18H23N3O/c22-17-13-16(14-21-11-7-2-1-3-8-12-21)19-18(20-17)15-9-5-4-6-10-15/h4-6,9-10,13H,1-3,7-8,11-12,14H2,(H,19,20,22). The summed E-state index contributed by atoms with van der Waals surface area (Å²) in [6.07, 6.45) is 6.47. The van der Waals surface area contributed by atoms with E-state index in [9.17, 15) is 4.79 Å². The summed E-state index contributed by atoms with van der Waals surface area (Å²) in [5.74, 6) is 0.662. The molecule has 4 heteroatoms. The van der Waals surface area contributed by atoms with E-state index in [4.69, 9.17) is 0 Å². The molecule has 1 N–H and O–H groups in total. The monoisotopic (exact) mass is 297 g/mol. The molecule has 0 unspecified atom stereocenters. The van der Waals surface area contributed by atoms with Crippen LogP contribution in [-0.4, -0.2) is 28.0 Å². The van der Waals surface area contributed by atoms with Crippen molar-refractivity contribution in [2.45, 2.75) is 38.6 Å².